The number of nitrogens with zero attached hydrogens (tertiary/aromatic N) is 3. The van der Waals surface area contributed by atoms with Crippen molar-refractivity contribution in [3.63, 3.8) is 0 Å². The average Bonchev–Trinajstić information content (AvgIpc) is 2.89. The summed E-state index contributed by atoms with van der Waals surface area (Å²) in [5, 5.41) is 14.0. The van der Waals surface area contributed by atoms with Crippen LogP contribution >= 0.6 is 0 Å². The van der Waals surface area contributed by atoms with Crippen LogP contribution in [0.4, 0.5) is 0 Å². The lowest BCUT2D eigenvalue weighted by molar-refractivity contribution is 0.0690. The third-order valence-corrected chi connectivity index (χ3v) is 3.98. The molecule has 0 aliphatic heterocycles. The highest BCUT2D eigenvalue weighted by Crippen LogP contribution is 2.35. The van der Waals surface area contributed by atoms with Gasteiger partial charge in [-0.15, -0.1) is 0 Å². The molecule has 24 heavy (non-hydrogen) atoms. The number of carboxylic acid groups (broad SMARTS) is 1. The molecule has 1 N–H and O–H groups in total. The number of benzene rings is 1. The highest BCUT2D eigenvalue weighted by Gasteiger charge is 2.21. The van der Waals surface area contributed by atoms with Gasteiger partial charge < -0.3 is 9.84 Å². The van der Waals surface area contributed by atoms with Crippen LogP contribution in [0.25, 0.3) is 16.8 Å². The van der Waals surface area contributed by atoms with E-state index in [1.54, 1.807) is 17.7 Å². The van der Waals surface area contributed by atoms with Gasteiger partial charge >= 0.3 is 5.97 Å². The summed E-state index contributed by atoms with van der Waals surface area (Å²) in [4.78, 5) is 15.8. The Bertz CT molecular complexity index is 929. The Hall–Kier alpha value is -2.89. The zero-order valence-corrected chi connectivity index (χ0v) is 14.1. The molecule has 0 fully saturated rings. The summed E-state index contributed by atoms with van der Waals surface area (Å²) in [7, 11) is 1.61. The number of methoxy groups -OCH3 is 1. The predicted octanol–water partition coefficient (Wildman–Crippen LogP) is 3.53. The van der Waals surface area contributed by atoms with E-state index < -0.39 is 5.97 Å². The zero-order chi connectivity index (χ0) is 17.4. The van der Waals surface area contributed by atoms with Crippen LogP contribution < -0.4 is 4.74 Å². The Morgan fingerprint density at radius 3 is 2.62 bits per heavy atom. The fourth-order valence-electron chi connectivity index (χ4n) is 2.83. The van der Waals surface area contributed by atoms with Gasteiger partial charge in [-0.2, -0.15) is 5.10 Å². The second kappa shape index (κ2) is 5.96. The van der Waals surface area contributed by atoms with E-state index >= 15 is 0 Å². The van der Waals surface area contributed by atoms with Gasteiger partial charge in [0.1, 0.15) is 5.75 Å². The highest BCUT2D eigenvalue weighted by atomic mass is 16.5. The Morgan fingerprint density at radius 2 is 2.00 bits per heavy atom. The summed E-state index contributed by atoms with van der Waals surface area (Å²) in [6.07, 6.45) is 0. The number of fused-ring (bicyclic) bond motifs is 1. The molecule has 0 bridgehead atoms. The van der Waals surface area contributed by atoms with E-state index in [2.05, 4.69) is 10.1 Å². The number of para-hydroxylation sites is 1. The van der Waals surface area contributed by atoms with Crippen molar-refractivity contribution in [2.75, 3.05) is 7.11 Å². The molecule has 2 heterocycles. The third kappa shape index (κ3) is 2.50. The molecule has 0 spiro atoms. The van der Waals surface area contributed by atoms with E-state index in [9.17, 15) is 9.90 Å². The molecule has 0 amide bonds. The van der Waals surface area contributed by atoms with Crippen molar-refractivity contribution in [3.8, 4) is 16.9 Å². The molecule has 0 atom stereocenters. The number of aromatic carboxylic acids is 1. The average molecular weight is 325 g/mol. The maximum Gasteiger partial charge on any atom is 0.354 e. The van der Waals surface area contributed by atoms with Crippen LogP contribution in [0.5, 0.6) is 5.75 Å². The number of carbonyl (C=O) groups is 1. The summed E-state index contributed by atoms with van der Waals surface area (Å²) in [5.41, 5.74) is 3.76. The molecule has 0 saturated carbocycles. The monoisotopic (exact) mass is 325 g/mol. The first-order valence-electron chi connectivity index (χ1n) is 7.71. The summed E-state index contributed by atoms with van der Waals surface area (Å²) >= 11 is 0. The van der Waals surface area contributed by atoms with Crippen LogP contribution in [0.3, 0.4) is 0 Å². The van der Waals surface area contributed by atoms with E-state index in [1.807, 2.05) is 45.0 Å². The molecular formula is C18H19N3O3. The number of ether oxygens (including phenoxy) is 1. The molecule has 1 aromatic carbocycles. The van der Waals surface area contributed by atoms with Gasteiger partial charge in [-0.3, -0.25) is 0 Å². The van der Waals surface area contributed by atoms with Crippen molar-refractivity contribution in [2.24, 2.45) is 0 Å². The molecule has 6 nitrogen and oxygen atoms in total. The Balaban J connectivity index is 2.41. The smallest absolute Gasteiger partial charge is 0.354 e. The molecule has 6 heteroatoms. The lowest BCUT2D eigenvalue weighted by atomic mass is 10.0. The van der Waals surface area contributed by atoms with E-state index in [0.717, 1.165) is 22.5 Å². The predicted molar refractivity (Wildman–Crippen MR) is 90.8 cm³/mol. The van der Waals surface area contributed by atoms with Crippen molar-refractivity contribution in [3.05, 3.63) is 47.4 Å². The largest absolute Gasteiger partial charge is 0.496 e. The molecule has 0 saturated heterocycles. The van der Waals surface area contributed by atoms with Crippen molar-refractivity contribution >= 4 is 11.6 Å². The van der Waals surface area contributed by atoms with Crippen LogP contribution in [-0.4, -0.2) is 32.8 Å². The number of carboxylic acids is 1. The first-order valence-corrected chi connectivity index (χ1v) is 7.71. The SMILES string of the molecule is COc1ccccc1-c1c(C)nn2c(C(C)C)cc(C(=O)O)nc12. The summed E-state index contributed by atoms with van der Waals surface area (Å²) < 4.78 is 7.18. The van der Waals surface area contributed by atoms with Crippen LogP contribution in [0.2, 0.25) is 0 Å². The minimum absolute atomic E-state index is 0.0160. The standard InChI is InChI=1S/C18H19N3O3/c1-10(2)14-9-13(18(22)23)19-17-16(11(3)20-21(14)17)12-7-5-6-8-15(12)24-4/h5-10H,1-4H3,(H,22,23). The van der Waals surface area contributed by atoms with Crippen LogP contribution in [-0.2, 0) is 0 Å². The first-order chi connectivity index (χ1) is 11.4. The number of aromatic nitrogens is 3. The van der Waals surface area contributed by atoms with Gasteiger partial charge in [-0.25, -0.2) is 14.3 Å². The molecule has 0 radical (unpaired) electrons. The minimum atomic E-state index is -1.05. The topological polar surface area (TPSA) is 76.7 Å². The lowest BCUT2D eigenvalue weighted by Gasteiger charge is -2.11. The second-order valence-electron chi connectivity index (χ2n) is 5.92. The molecule has 124 valence electrons. The maximum absolute atomic E-state index is 11.5. The van der Waals surface area contributed by atoms with Crippen LogP contribution in [0.1, 0.15) is 41.6 Å². The van der Waals surface area contributed by atoms with E-state index in [0.29, 0.717) is 11.4 Å². The third-order valence-electron chi connectivity index (χ3n) is 3.98. The normalized spacial score (nSPS) is 11.2. The Morgan fingerprint density at radius 1 is 1.29 bits per heavy atom. The number of aryl methyl sites for hydroxylation is 1. The van der Waals surface area contributed by atoms with E-state index in [1.165, 1.54) is 0 Å². The molecule has 2 aromatic heterocycles. The van der Waals surface area contributed by atoms with Crippen LogP contribution in [0, 0.1) is 6.92 Å². The lowest BCUT2D eigenvalue weighted by Crippen LogP contribution is -2.09. The van der Waals surface area contributed by atoms with Gasteiger partial charge in [0, 0.05) is 11.3 Å². The Kier molecular flexibility index (Phi) is 3.97. The van der Waals surface area contributed by atoms with Gasteiger partial charge in [0.25, 0.3) is 0 Å². The van der Waals surface area contributed by atoms with Crippen LogP contribution in [0.15, 0.2) is 30.3 Å². The molecule has 3 aromatic rings. The number of hydrogen-bond donors (Lipinski definition) is 1. The van der Waals surface area contributed by atoms with Gasteiger partial charge in [-0.05, 0) is 25.0 Å². The minimum Gasteiger partial charge on any atom is -0.496 e. The quantitative estimate of drug-likeness (QED) is 0.794. The van der Waals surface area contributed by atoms with Gasteiger partial charge in [-0.1, -0.05) is 32.0 Å². The Labute approximate surface area is 139 Å². The number of rotatable bonds is 4. The molecule has 3 rings (SSSR count). The van der Waals surface area contributed by atoms with Gasteiger partial charge in [0.15, 0.2) is 11.3 Å². The van der Waals surface area contributed by atoms with Gasteiger partial charge in [0.2, 0.25) is 0 Å². The maximum atomic E-state index is 11.5. The summed E-state index contributed by atoms with van der Waals surface area (Å²) in [6.45, 7) is 5.89. The zero-order valence-electron chi connectivity index (χ0n) is 14.1. The molecule has 0 aliphatic rings. The van der Waals surface area contributed by atoms with Gasteiger partial charge in [0.05, 0.1) is 18.4 Å². The first kappa shape index (κ1) is 16.0. The molecular weight excluding hydrogens is 306 g/mol. The van der Waals surface area contributed by atoms with E-state index in [4.69, 9.17) is 4.74 Å². The van der Waals surface area contributed by atoms with Crippen molar-refractivity contribution in [1.29, 1.82) is 0 Å². The molecule has 0 unspecified atom stereocenters. The second-order valence-corrected chi connectivity index (χ2v) is 5.92. The fourth-order valence-corrected chi connectivity index (χ4v) is 2.83. The summed E-state index contributed by atoms with van der Waals surface area (Å²) in [5.74, 6) is -0.244. The molecule has 0 aliphatic carbocycles. The van der Waals surface area contributed by atoms with Crippen molar-refractivity contribution in [1.82, 2.24) is 14.6 Å². The number of hydrogen-bond acceptors (Lipinski definition) is 4. The van der Waals surface area contributed by atoms with Crippen molar-refractivity contribution < 1.29 is 14.6 Å². The highest BCUT2D eigenvalue weighted by molar-refractivity contribution is 5.89. The summed E-state index contributed by atoms with van der Waals surface area (Å²) in [6, 6.07) is 9.17. The van der Waals surface area contributed by atoms with Crippen molar-refractivity contribution in [2.45, 2.75) is 26.7 Å². The van der Waals surface area contributed by atoms with E-state index in [-0.39, 0.29) is 11.6 Å². The fraction of sp³-hybridized carbons (Fsp3) is 0.278.